The van der Waals surface area contributed by atoms with Gasteiger partial charge in [-0.15, -0.1) is 11.3 Å². The van der Waals surface area contributed by atoms with Gasteiger partial charge in [0.15, 0.2) is 5.82 Å². The monoisotopic (exact) mass is 303 g/mol. The van der Waals surface area contributed by atoms with Crippen LogP contribution in [0.5, 0.6) is 0 Å². The van der Waals surface area contributed by atoms with Crippen molar-refractivity contribution in [3.05, 3.63) is 32.7 Å². The fraction of sp³-hybridized carbons (Fsp3) is 0.200. The smallest absolute Gasteiger partial charge is 0.161 e. The van der Waals surface area contributed by atoms with Gasteiger partial charge in [0.25, 0.3) is 0 Å². The maximum absolute atomic E-state index is 6.03. The van der Waals surface area contributed by atoms with Crippen molar-refractivity contribution >= 4 is 46.2 Å². The Balaban J connectivity index is 2.00. The van der Waals surface area contributed by atoms with Crippen molar-refractivity contribution in [2.45, 2.75) is 6.42 Å². The van der Waals surface area contributed by atoms with Gasteiger partial charge in [0, 0.05) is 18.3 Å². The number of nitrogens with zero attached hydrogens (tertiary/aromatic N) is 2. The number of halogens is 2. The molecule has 0 aliphatic rings. The maximum Gasteiger partial charge on any atom is 0.161 e. The molecule has 0 aromatic carbocycles. The van der Waals surface area contributed by atoms with Gasteiger partial charge in [-0.3, -0.25) is 0 Å². The Morgan fingerprint density at radius 2 is 2.06 bits per heavy atom. The van der Waals surface area contributed by atoms with Crippen LogP contribution in [0.25, 0.3) is 0 Å². The molecule has 8 heteroatoms. The van der Waals surface area contributed by atoms with Crippen LogP contribution < -0.4 is 16.6 Å². The highest BCUT2D eigenvalue weighted by molar-refractivity contribution is 7.07. The van der Waals surface area contributed by atoms with Gasteiger partial charge < -0.3 is 10.7 Å². The summed E-state index contributed by atoms with van der Waals surface area (Å²) < 4.78 is 0. The number of aromatic nitrogens is 2. The predicted octanol–water partition coefficient (Wildman–Crippen LogP) is 2.79. The maximum atomic E-state index is 6.03. The first-order valence-corrected chi connectivity index (χ1v) is 6.84. The summed E-state index contributed by atoms with van der Waals surface area (Å²) in [6.07, 6.45) is 0.801. The molecule has 2 aromatic rings. The molecule has 0 spiro atoms. The van der Waals surface area contributed by atoms with Crippen molar-refractivity contribution in [1.29, 1.82) is 0 Å². The molecular formula is C10H11Cl2N5S. The highest BCUT2D eigenvalue weighted by Crippen LogP contribution is 2.28. The SMILES string of the molecule is NNc1nc(NCCc2cscn2)c(Cl)cc1Cl. The molecule has 0 saturated heterocycles. The number of nitrogens with one attached hydrogen (secondary N) is 2. The highest BCUT2D eigenvalue weighted by Gasteiger charge is 2.08. The second-order valence-electron chi connectivity index (χ2n) is 3.45. The first-order chi connectivity index (χ1) is 8.70. The van der Waals surface area contributed by atoms with Crippen LogP contribution in [0, 0.1) is 0 Å². The molecule has 0 radical (unpaired) electrons. The lowest BCUT2D eigenvalue weighted by molar-refractivity contribution is 0.968. The van der Waals surface area contributed by atoms with Gasteiger partial charge in [0.1, 0.15) is 5.82 Å². The molecule has 0 fully saturated rings. The molecule has 0 amide bonds. The van der Waals surface area contributed by atoms with E-state index in [2.05, 4.69) is 20.7 Å². The zero-order valence-corrected chi connectivity index (χ0v) is 11.6. The molecule has 2 rings (SSSR count). The minimum Gasteiger partial charge on any atom is -0.368 e. The van der Waals surface area contributed by atoms with E-state index in [4.69, 9.17) is 29.0 Å². The minimum absolute atomic E-state index is 0.382. The summed E-state index contributed by atoms with van der Waals surface area (Å²) in [5, 5.41) is 5.96. The average Bonchev–Trinajstić information content (AvgIpc) is 2.85. The van der Waals surface area contributed by atoms with Gasteiger partial charge in [0.05, 0.1) is 21.2 Å². The number of hydrogen-bond donors (Lipinski definition) is 3. The normalized spacial score (nSPS) is 10.4. The van der Waals surface area contributed by atoms with Crippen LogP contribution in [-0.2, 0) is 6.42 Å². The molecule has 0 unspecified atom stereocenters. The number of anilines is 2. The highest BCUT2D eigenvalue weighted by atomic mass is 35.5. The molecule has 96 valence electrons. The van der Waals surface area contributed by atoms with Crippen LogP contribution >= 0.6 is 34.5 Å². The molecule has 2 aromatic heterocycles. The van der Waals surface area contributed by atoms with Gasteiger partial charge in [0.2, 0.25) is 0 Å². The Labute approximate surface area is 118 Å². The number of nitrogen functional groups attached to an aromatic ring is 1. The Bertz CT molecular complexity index is 517. The van der Waals surface area contributed by atoms with Gasteiger partial charge in [-0.1, -0.05) is 23.2 Å². The third-order valence-corrected chi connectivity index (χ3v) is 3.43. The standard InChI is InChI=1S/C10H11Cl2N5S/c11-7-3-8(12)10(17-13)16-9(7)14-2-1-6-4-18-5-15-6/h3-5H,1-2,13H2,(H2,14,16,17). The van der Waals surface area contributed by atoms with Crippen molar-refractivity contribution in [3.63, 3.8) is 0 Å². The third-order valence-electron chi connectivity index (χ3n) is 2.22. The third kappa shape index (κ3) is 3.23. The van der Waals surface area contributed by atoms with Crippen molar-refractivity contribution in [2.75, 3.05) is 17.3 Å². The number of rotatable bonds is 5. The van der Waals surface area contributed by atoms with Gasteiger partial charge in [-0.25, -0.2) is 15.8 Å². The molecule has 0 bridgehead atoms. The van der Waals surface area contributed by atoms with Gasteiger partial charge >= 0.3 is 0 Å². The number of hydrogen-bond acceptors (Lipinski definition) is 6. The lowest BCUT2D eigenvalue weighted by Crippen LogP contribution is -2.12. The second-order valence-corrected chi connectivity index (χ2v) is 4.98. The quantitative estimate of drug-likeness (QED) is 0.585. The van der Waals surface area contributed by atoms with Crippen molar-refractivity contribution in [1.82, 2.24) is 9.97 Å². The lowest BCUT2D eigenvalue weighted by Gasteiger charge is -2.10. The predicted molar refractivity (Wildman–Crippen MR) is 76.4 cm³/mol. The molecule has 18 heavy (non-hydrogen) atoms. The molecule has 0 atom stereocenters. The topological polar surface area (TPSA) is 75.9 Å². The van der Waals surface area contributed by atoms with Crippen LogP contribution in [-0.4, -0.2) is 16.5 Å². The fourth-order valence-corrected chi connectivity index (χ4v) is 2.43. The number of nitrogens with two attached hydrogens (primary N) is 1. The van der Waals surface area contributed by atoms with Crippen LogP contribution in [0.3, 0.4) is 0 Å². The molecule has 0 saturated carbocycles. The Morgan fingerprint density at radius 1 is 1.28 bits per heavy atom. The molecular weight excluding hydrogens is 293 g/mol. The van der Waals surface area contributed by atoms with E-state index in [1.54, 1.807) is 22.9 Å². The van der Waals surface area contributed by atoms with E-state index in [9.17, 15) is 0 Å². The Kier molecular flexibility index (Phi) is 4.60. The average molecular weight is 304 g/mol. The van der Waals surface area contributed by atoms with Crippen molar-refractivity contribution in [2.24, 2.45) is 5.84 Å². The summed E-state index contributed by atoms with van der Waals surface area (Å²) in [7, 11) is 0. The first-order valence-electron chi connectivity index (χ1n) is 5.14. The summed E-state index contributed by atoms with van der Waals surface area (Å²) >= 11 is 13.5. The zero-order valence-electron chi connectivity index (χ0n) is 9.28. The van der Waals surface area contributed by atoms with E-state index >= 15 is 0 Å². The van der Waals surface area contributed by atoms with Crippen LogP contribution in [0.1, 0.15) is 5.69 Å². The minimum atomic E-state index is 0.382. The molecule has 0 aliphatic carbocycles. The van der Waals surface area contributed by atoms with E-state index in [1.165, 1.54) is 0 Å². The van der Waals surface area contributed by atoms with Crippen molar-refractivity contribution < 1.29 is 0 Å². The second kappa shape index (κ2) is 6.19. The molecule has 2 heterocycles. The fourth-order valence-electron chi connectivity index (χ4n) is 1.36. The molecule has 0 aliphatic heterocycles. The first kappa shape index (κ1) is 13.4. The summed E-state index contributed by atoms with van der Waals surface area (Å²) in [4.78, 5) is 8.37. The van der Waals surface area contributed by atoms with Gasteiger partial charge in [-0.05, 0) is 6.07 Å². The van der Waals surface area contributed by atoms with E-state index < -0.39 is 0 Å². The zero-order chi connectivity index (χ0) is 13.0. The summed E-state index contributed by atoms with van der Waals surface area (Å²) in [6, 6.07) is 1.59. The van der Waals surface area contributed by atoms with E-state index in [0.717, 1.165) is 12.1 Å². The van der Waals surface area contributed by atoms with E-state index in [-0.39, 0.29) is 0 Å². The number of thiazole rings is 1. The number of pyridine rings is 1. The molecule has 4 N–H and O–H groups in total. The van der Waals surface area contributed by atoms with Crippen LogP contribution in [0.4, 0.5) is 11.6 Å². The van der Waals surface area contributed by atoms with E-state index in [0.29, 0.717) is 28.2 Å². The van der Waals surface area contributed by atoms with Crippen LogP contribution in [0.15, 0.2) is 17.0 Å². The van der Waals surface area contributed by atoms with Gasteiger partial charge in [-0.2, -0.15) is 0 Å². The number of hydrazine groups is 1. The van der Waals surface area contributed by atoms with Crippen LogP contribution in [0.2, 0.25) is 10.0 Å². The largest absolute Gasteiger partial charge is 0.368 e. The summed E-state index contributed by atoms with van der Waals surface area (Å²) in [5.41, 5.74) is 5.26. The van der Waals surface area contributed by atoms with Crippen molar-refractivity contribution in [3.8, 4) is 0 Å². The summed E-state index contributed by atoms with van der Waals surface area (Å²) in [6.45, 7) is 0.683. The van der Waals surface area contributed by atoms with E-state index in [1.807, 2.05) is 5.38 Å². The lowest BCUT2D eigenvalue weighted by atomic mass is 10.3. The Hall–Kier alpha value is -1.08. The Morgan fingerprint density at radius 3 is 2.72 bits per heavy atom. The molecule has 5 nitrogen and oxygen atoms in total. The summed E-state index contributed by atoms with van der Waals surface area (Å²) in [5.74, 6) is 6.23.